The Hall–Kier alpha value is -4.95. The highest BCUT2D eigenvalue weighted by atomic mass is 16.5. The summed E-state index contributed by atoms with van der Waals surface area (Å²) in [6.07, 6.45) is 4.27. The average molecular weight is 538 g/mol. The van der Waals surface area contributed by atoms with E-state index in [0.717, 1.165) is 68.7 Å². The maximum atomic E-state index is 12.1. The van der Waals surface area contributed by atoms with Gasteiger partial charge >= 0.3 is 5.97 Å². The summed E-state index contributed by atoms with van der Waals surface area (Å²) in [5, 5.41) is 9.58. The number of ether oxygens (including phenoxy) is 1. The Morgan fingerprint density at radius 3 is 2.51 bits per heavy atom. The van der Waals surface area contributed by atoms with Gasteiger partial charge in [0.2, 0.25) is 0 Å². The molecular formula is C36H31N3O2. The van der Waals surface area contributed by atoms with Crippen LogP contribution in [0.2, 0.25) is 0 Å². The molecule has 0 spiro atoms. The summed E-state index contributed by atoms with van der Waals surface area (Å²) >= 11 is 0. The fraction of sp³-hybridized carbons (Fsp3) is 0.194. The Bertz CT molecular complexity index is 1840. The van der Waals surface area contributed by atoms with Gasteiger partial charge in [-0.2, -0.15) is 5.26 Å². The Labute approximate surface area is 240 Å². The molecule has 4 aromatic carbocycles. The lowest BCUT2D eigenvalue weighted by Gasteiger charge is -2.14. The molecule has 5 aromatic rings. The van der Waals surface area contributed by atoms with Crippen LogP contribution in [0.5, 0.6) is 0 Å². The number of methoxy groups -OCH3 is 1. The van der Waals surface area contributed by atoms with E-state index >= 15 is 0 Å². The van der Waals surface area contributed by atoms with Gasteiger partial charge in [0.25, 0.3) is 0 Å². The molecule has 1 aromatic heterocycles. The molecule has 0 radical (unpaired) electrons. The van der Waals surface area contributed by atoms with Crippen molar-refractivity contribution < 1.29 is 9.53 Å². The molecule has 5 nitrogen and oxygen atoms in total. The zero-order chi connectivity index (χ0) is 28.3. The Balaban J connectivity index is 1.44. The van der Waals surface area contributed by atoms with E-state index in [0.29, 0.717) is 13.0 Å². The largest absolute Gasteiger partial charge is 0.469 e. The molecule has 202 valence electrons. The van der Waals surface area contributed by atoms with Crippen molar-refractivity contribution in [2.24, 2.45) is 0 Å². The number of rotatable bonds is 6. The van der Waals surface area contributed by atoms with Gasteiger partial charge in [0.05, 0.1) is 30.6 Å². The quantitative estimate of drug-likeness (QED) is 0.169. The molecule has 0 amide bonds. The molecule has 0 saturated heterocycles. The Morgan fingerprint density at radius 1 is 0.951 bits per heavy atom. The maximum absolute atomic E-state index is 12.1. The van der Waals surface area contributed by atoms with Gasteiger partial charge in [0.1, 0.15) is 5.82 Å². The van der Waals surface area contributed by atoms with E-state index in [9.17, 15) is 10.1 Å². The Kier molecular flexibility index (Phi) is 7.22. The number of carbonyl (C=O) groups is 1. The van der Waals surface area contributed by atoms with Crippen molar-refractivity contribution in [3.63, 3.8) is 0 Å². The van der Waals surface area contributed by atoms with Crippen LogP contribution in [0.4, 0.5) is 0 Å². The van der Waals surface area contributed by atoms with E-state index in [-0.39, 0.29) is 12.4 Å². The summed E-state index contributed by atoms with van der Waals surface area (Å²) in [7, 11) is 1.42. The van der Waals surface area contributed by atoms with Crippen LogP contribution in [0.15, 0.2) is 91.0 Å². The van der Waals surface area contributed by atoms with E-state index in [2.05, 4.69) is 90.4 Å². The van der Waals surface area contributed by atoms with Crippen LogP contribution >= 0.6 is 0 Å². The third-order valence-corrected chi connectivity index (χ3v) is 7.99. The van der Waals surface area contributed by atoms with Gasteiger partial charge in [-0.3, -0.25) is 4.79 Å². The first-order chi connectivity index (χ1) is 20.1. The van der Waals surface area contributed by atoms with E-state index in [1.54, 1.807) is 6.08 Å². The summed E-state index contributed by atoms with van der Waals surface area (Å²) in [5.74, 6) is 0.623. The van der Waals surface area contributed by atoms with Crippen molar-refractivity contribution in [2.75, 3.05) is 7.11 Å². The van der Waals surface area contributed by atoms with Gasteiger partial charge in [-0.25, -0.2) is 4.98 Å². The minimum absolute atomic E-state index is 0.244. The zero-order valence-corrected chi connectivity index (χ0v) is 23.4. The molecule has 1 aliphatic carbocycles. The number of nitrogens with zero attached hydrogens (tertiary/aromatic N) is 3. The zero-order valence-electron chi connectivity index (χ0n) is 23.4. The highest BCUT2D eigenvalue weighted by Crippen LogP contribution is 2.35. The van der Waals surface area contributed by atoms with E-state index in [1.165, 1.54) is 18.2 Å². The lowest BCUT2D eigenvalue weighted by molar-refractivity contribution is -0.140. The van der Waals surface area contributed by atoms with E-state index in [1.807, 2.05) is 12.1 Å². The second kappa shape index (κ2) is 11.3. The van der Waals surface area contributed by atoms with Crippen molar-refractivity contribution in [1.29, 1.82) is 5.26 Å². The fourth-order valence-electron chi connectivity index (χ4n) is 5.95. The number of hydrogen-bond donors (Lipinski definition) is 0. The van der Waals surface area contributed by atoms with Crippen LogP contribution in [-0.2, 0) is 35.3 Å². The summed E-state index contributed by atoms with van der Waals surface area (Å²) in [6, 6.07) is 32.0. The number of aryl methyl sites for hydroxylation is 4. The smallest absolute Gasteiger partial charge is 0.305 e. The van der Waals surface area contributed by atoms with Crippen LogP contribution in [0.3, 0.4) is 0 Å². The van der Waals surface area contributed by atoms with Crippen LogP contribution in [0, 0.1) is 18.3 Å². The molecule has 0 atom stereocenters. The molecule has 41 heavy (non-hydrogen) atoms. The molecule has 0 saturated carbocycles. The Morgan fingerprint density at radius 2 is 1.71 bits per heavy atom. The first-order valence-electron chi connectivity index (χ1n) is 14.0. The number of carbonyl (C=O) groups excluding carboxylic acids is 1. The monoisotopic (exact) mass is 537 g/mol. The molecule has 0 fully saturated rings. The standard InChI is InChI=1S/C36H31N3O2/c1-24-20-29(26-8-4-3-5-9-26)22-33-36(24)38-34(16-17-35(40)41-2)39(33)23-25-12-15-31-28(21-25)14-13-27-10-6-7-11-30(27)32(31)18-19-37/h3-12,15,18,20-22H,13-14,16-17,23H2,1-2H3/b32-18+. The topological polar surface area (TPSA) is 67.9 Å². The van der Waals surface area contributed by atoms with Crippen molar-refractivity contribution in [2.45, 2.75) is 39.2 Å². The van der Waals surface area contributed by atoms with Crippen molar-refractivity contribution in [1.82, 2.24) is 9.55 Å². The van der Waals surface area contributed by atoms with Crippen molar-refractivity contribution >= 4 is 22.6 Å². The molecule has 0 unspecified atom stereocenters. The normalized spacial score (nSPS) is 13.3. The van der Waals surface area contributed by atoms with Gasteiger partial charge in [0.15, 0.2) is 0 Å². The lowest BCUT2D eigenvalue weighted by Crippen LogP contribution is -2.09. The average Bonchev–Trinajstić information content (AvgIpc) is 3.27. The van der Waals surface area contributed by atoms with Crippen LogP contribution in [0.1, 0.15) is 45.6 Å². The van der Waals surface area contributed by atoms with Gasteiger partial charge < -0.3 is 9.30 Å². The number of imidazole rings is 1. The van der Waals surface area contributed by atoms with Gasteiger partial charge in [-0.15, -0.1) is 0 Å². The molecule has 1 aliphatic rings. The second-order valence-corrected chi connectivity index (χ2v) is 10.6. The van der Waals surface area contributed by atoms with E-state index < -0.39 is 0 Å². The van der Waals surface area contributed by atoms with Crippen molar-refractivity contribution in [3.8, 4) is 17.2 Å². The lowest BCUT2D eigenvalue weighted by atomic mass is 9.93. The summed E-state index contributed by atoms with van der Waals surface area (Å²) in [5.41, 5.74) is 12.3. The number of hydrogen-bond acceptors (Lipinski definition) is 4. The first kappa shape index (κ1) is 26.3. The number of benzene rings is 4. The van der Waals surface area contributed by atoms with E-state index in [4.69, 9.17) is 9.72 Å². The fourth-order valence-corrected chi connectivity index (χ4v) is 5.95. The summed E-state index contributed by atoms with van der Waals surface area (Å²) in [4.78, 5) is 17.1. The minimum atomic E-state index is -0.244. The highest BCUT2D eigenvalue weighted by Gasteiger charge is 2.20. The number of aromatic nitrogens is 2. The minimum Gasteiger partial charge on any atom is -0.469 e. The maximum Gasteiger partial charge on any atom is 0.305 e. The molecule has 1 heterocycles. The SMILES string of the molecule is COC(=O)CCc1nc2c(C)cc(-c3ccccc3)cc2n1Cc1ccc2c(c1)CCc1ccccc1/C2=C\C#N. The molecule has 0 bridgehead atoms. The predicted octanol–water partition coefficient (Wildman–Crippen LogP) is 7.22. The van der Waals surface area contributed by atoms with Crippen LogP contribution < -0.4 is 0 Å². The van der Waals surface area contributed by atoms with Crippen LogP contribution in [0.25, 0.3) is 27.7 Å². The van der Waals surface area contributed by atoms with Gasteiger partial charge in [-0.05, 0) is 82.0 Å². The molecule has 0 aliphatic heterocycles. The van der Waals surface area contributed by atoms with Gasteiger partial charge in [0, 0.05) is 19.0 Å². The third-order valence-electron chi connectivity index (χ3n) is 7.99. The third kappa shape index (κ3) is 5.17. The molecule has 6 rings (SSSR count). The number of nitriles is 1. The predicted molar refractivity (Wildman–Crippen MR) is 162 cm³/mol. The molecule has 0 N–H and O–H groups in total. The van der Waals surface area contributed by atoms with Crippen LogP contribution in [-0.4, -0.2) is 22.6 Å². The number of esters is 1. The highest BCUT2D eigenvalue weighted by molar-refractivity contribution is 5.87. The summed E-state index contributed by atoms with van der Waals surface area (Å²) in [6.45, 7) is 2.72. The first-order valence-corrected chi connectivity index (χ1v) is 14.0. The number of allylic oxidation sites excluding steroid dienone is 1. The van der Waals surface area contributed by atoms with Gasteiger partial charge in [-0.1, -0.05) is 72.8 Å². The molecule has 5 heteroatoms. The number of fused-ring (bicyclic) bond motifs is 3. The summed E-state index contributed by atoms with van der Waals surface area (Å²) < 4.78 is 7.18. The molecular weight excluding hydrogens is 506 g/mol. The van der Waals surface area contributed by atoms with Crippen molar-refractivity contribution in [3.05, 3.63) is 130 Å². The second-order valence-electron chi connectivity index (χ2n) is 10.6.